The quantitative estimate of drug-likeness (QED) is 0.261. The van der Waals surface area contributed by atoms with Crippen LogP contribution in [0.4, 0.5) is 0 Å². The third-order valence-electron chi connectivity index (χ3n) is 4.88. The SMILES string of the molecule is CC(=NNC(=O)c1cc(-c2ccc(OCc3ccc(Cl)cc3)cc2)n[nH]1)c1cccc(O)c1. The summed E-state index contributed by atoms with van der Waals surface area (Å²) in [4.78, 5) is 12.4. The van der Waals surface area contributed by atoms with E-state index >= 15 is 0 Å². The van der Waals surface area contributed by atoms with Crippen LogP contribution in [0.2, 0.25) is 5.02 Å². The third kappa shape index (κ3) is 5.78. The molecule has 166 valence electrons. The Balaban J connectivity index is 1.36. The Morgan fingerprint density at radius 3 is 2.58 bits per heavy atom. The number of phenols is 1. The standard InChI is InChI=1S/C25H21ClN4O3/c1-16(19-3-2-4-21(31)13-19)27-30-25(32)24-14-23(28-29-24)18-7-11-22(12-8-18)33-15-17-5-9-20(26)10-6-17/h2-14,31H,15H2,1H3,(H,28,29)(H,30,32). The second-order valence-electron chi connectivity index (χ2n) is 7.29. The lowest BCUT2D eigenvalue weighted by atomic mass is 10.1. The van der Waals surface area contributed by atoms with Crippen LogP contribution >= 0.6 is 11.6 Å². The fraction of sp³-hybridized carbons (Fsp3) is 0.0800. The van der Waals surface area contributed by atoms with Crippen molar-refractivity contribution in [1.29, 1.82) is 0 Å². The highest BCUT2D eigenvalue weighted by molar-refractivity contribution is 6.30. The second-order valence-corrected chi connectivity index (χ2v) is 7.73. The van der Waals surface area contributed by atoms with E-state index in [2.05, 4.69) is 20.7 Å². The number of nitrogens with one attached hydrogen (secondary N) is 2. The summed E-state index contributed by atoms with van der Waals surface area (Å²) in [7, 11) is 0. The first-order valence-electron chi connectivity index (χ1n) is 10.1. The fourth-order valence-corrected chi connectivity index (χ4v) is 3.17. The average molecular weight is 461 g/mol. The highest BCUT2D eigenvalue weighted by Gasteiger charge is 2.11. The van der Waals surface area contributed by atoms with Gasteiger partial charge in [-0.05, 0) is 67.1 Å². The van der Waals surface area contributed by atoms with Gasteiger partial charge in [-0.1, -0.05) is 35.9 Å². The molecule has 7 nitrogen and oxygen atoms in total. The molecule has 0 atom stereocenters. The van der Waals surface area contributed by atoms with Gasteiger partial charge in [-0.3, -0.25) is 9.89 Å². The van der Waals surface area contributed by atoms with E-state index in [4.69, 9.17) is 16.3 Å². The number of carbonyl (C=O) groups excluding carboxylic acids is 1. The lowest BCUT2D eigenvalue weighted by Crippen LogP contribution is -2.19. The van der Waals surface area contributed by atoms with Crippen molar-refractivity contribution >= 4 is 23.2 Å². The van der Waals surface area contributed by atoms with Crippen molar-refractivity contribution in [2.45, 2.75) is 13.5 Å². The van der Waals surface area contributed by atoms with Gasteiger partial charge in [0, 0.05) is 16.1 Å². The fourth-order valence-electron chi connectivity index (χ4n) is 3.05. The molecule has 0 aliphatic heterocycles. The number of hydrogen-bond acceptors (Lipinski definition) is 5. The van der Waals surface area contributed by atoms with E-state index in [1.54, 1.807) is 37.3 Å². The number of aromatic hydroxyl groups is 1. The molecular weight excluding hydrogens is 440 g/mol. The Bertz CT molecular complexity index is 1280. The molecule has 0 fully saturated rings. The number of halogens is 1. The summed E-state index contributed by atoms with van der Waals surface area (Å²) >= 11 is 5.90. The molecule has 0 aliphatic rings. The summed E-state index contributed by atoms with van der Waals surface area (Å²) in [5, 5.41) is 21.3. The molecule has 8 heteroatoms. The predicted molar refractivity (Wildman–Crippen MR) is 128 cm³/mol. The number of H-pyrrole nitrogens is 1. The molecule has 0 unspecified atom stereocenters. The van der Waals surface area contributed by atoms with Gasteiger partial charge in [-0.2, -0.15) is 10.2 Å². The first-order chi connectivity index (χ1) is 16.0. The molecule has 0 spiro atoms. The molecular formula is C25H21ClN4O3. The van der Waals surface area contributed by atoms with Crippen molar-refractivity contribution in [2.75, 3.05) is 0 Å². The second kappa shape index (κ2) is 10.0. The van der Waals surface area contributed by atoms with Crippen LogP contribution in [0.1, 0.15) is 28.5 Å². The van der Waals surface area contributed by atoms with Gasteiger partial charge < -0.3 is 9.84 Å². The highest BCUT2D eigenvalue weighted by Crippen LogP contribution is 2.22. The minimum Gasteiger partial charge on any atom is -0.508 e. The number of aromatic nitrogens is 2. The van der Waals surface area contributed by atoms with Crippen LogP contribution in [0.3, 0.4) is 0 Å². The van der Waals surface area contributed by atoms with Crippen molar-refractivity contribution in [3.8, 4) is 22.8 Å². The van der Waals surface area contributed by atoms with Crippen LogP contribution in [-0.4, -0.2) is 26.9 Å². The van der Waals surface area contributed by atoms with Gasteiger partial charge in [-0.25, -0.2) is 5.43 Å². The molecule has 4 rings (SSSR count). The Morgan fingerprint density at radius 1 is 1.09 bits per heavy atom. The van der Waals surface area contributed by atoms with Crippen molar-refractivity contribution in [1.82, 2.24) is 15.6 Å². The summed E-state index contributed by atoms with van der Waals surface area (Å²) < 4.78 is 5.80. The number of benzene rings is 3. The van der Waals surface area contributed by atoms with Crippen molar-refractivity contribution in [3.63, 3.8) is 0 Å². The van der Waals surface area contributed by atoms with E-state index in [1.165, 1.54) is 0 Å². The maximum absolute atomic E-state index is 12.4. The van der Waals surface area contributed by atoms with Crippen molar-refractivity contribution < 1.29 is 14.6 Å². The number of carbonyl (C=O) groups is 1. The zero-order valence-electron chi connectivity index (χ0n) is 17.7. The number of hydrazone groups is 1. The van der Waals surface area contributed by atoms with Gasteiger partial charge >= 0.3 is 0 Å². The highest BCUT2D eigenvalue weighted by atomic mass is 35.5. The number of rotatable bonds is 7. The Hall–Kier alpha value is -4.10. The van der Waals surface area contributed by atoms with Crippen LogP contribution in [0.15, 0.2) is 84.0 Å². The van der Waals surface area contributed by atoms with Gasteiger partial charge in [0.15, 0.2) is 0 Å². The van der Waals surface area contributed by atoms with Crippen LogP contribution in [0, 0.1) is 0 Å². The number of phenolic OH excluding ortho intramolecular Hbond substituents is 1. The molecule has 3 N–H and O–H groups in total. The Morgan fingerprint density at radius 2 is 1.85 bits per heavy atom. The monoisotopic (exact) mass is 460 g/mol. The molecule has 0 radical (unpaired) electrons. The van der Waals surface area contributed by atoms with Crippen LogP contribution in [0.25, 0.3) is 11.3 Å². The van der Waals surface area contributed by atoms with Gasteiger partial charge in [0.25, 0.3) is 5.91 Å². The topological polar surface area (TPSA) is 99.6 Å². The van der Waals surface area contributed by atoms with E-state index in [9.17, 15) is 9.90 Å². The first kappa shape index (κ1) is 22.1. The van der Waals surface area contributed by atoms with Gasteiger partial charge in [0.1, 0.15) is 23.8 Å². The van der Waals surface area contributed by atoms with Crippen LogP contribution in [0.5, 0.6) is 11.5 Å². The number of ether oxygens (including phenoxy) is 1. The lowest BCUT2D eigenvalue weighted by Gasteiger charge is -2.07. The molecule has 0 saturated heterocycles. The minimum atomic E-state index is -0.420. The molecule has 33 heavy (non-hydrogen) atoms. The molecule has 1 heterocycles. The van der Waals surface area contributed by atoms with Gasteiger partial charge in [0.2, 0.25) is 0 Å². The number of aromatic amines is 1. The van der Waals surface area contributed by atoms with E-state index in [-0.39, 0.29) is 11.4 Å². The lowest BCUT2D eigenvalue weighted by molar-refractivity contribution is 0.0950. The summed E-state index contributed by atoms with van der Waals surface area (Å²) in [5.41, 5.74) is 6.52. The number of nitrogens with zero attached hydrogens (tertiary/aromatic N) is 2. The molecule has 1 aromatic heterocycles. The largest absolute Gasteiger partial charge is 0.508 e. The molecule has 0 bridgehead atoms. The summed E-state index contributed by atoms with van der Waals surface area (Å²) in [5.74, 6) is 0.433. The Kier molecular flexibility index (Phi) is 6.71. The van der Waals surface area contributed by atoms with Gasteiger partial charge in [-0.15, -0.1) is 0 Å². The predicted octanol–water partition coefficient (Wildman–Crippen LogP) is 5.17. The molecule has 4 aromatic rings. The molecule has 1 amide bonds. The Labute approximate surface area is 195 Å². The maximum Gasteiger partial charge on any atom is 0.289 e. The molecule has 0 saturated carbocycles. The van der Waals surface area contributed by atoms with Crippen LogP contribution in [-0.2, 0) is 6.61 Å². The summed E-state index contributed by atoms with van der Waals surface area (Å²) in [6.45, 7) is 2.18. The van der Waals surface area contributed by atoms with E-state index in [0.717, 1.165) is 16.9 Å². The zero-order chi connectivity index (χ0) is 23.2. The van der Waals surface area contributed by atoms with E-state index in [1.807, 2.05) is 48.5 Å². The summed E-state index contributed by atoms with van der Waals surface area (Å²) in [6, 6.07) is 23.2. The summed E-state index contributed by atoms with van der Waals surface area (Å²) in [6.07, 6.45) is 0. The van der Waals surface area contributed by atoms with Gasteiger partial charge in [0.05, 0.1) is 11.4 Å². The van der Waals surface area contributed by atoms with E-state index in [0.29, 0.717) is 28.6 Å². The van der Waals surface area contributed by atoms with Crippen molar-refractivity contribution in [3.05, 3.63) is 101 Å². The first-order valence-corrected chi connectivity index (χ1v) is 10.5. The molecule has 3 aromatic carbocycles. The average Bonchev–Trinajstić information content (AvgIpc) is 3.33. The maximum atomic E-state index is 12.4. The van der Waals surface area contributed by atoms with E-state index < -0.39 is 5.91 Å². The number of hydrogen-bond donors (Lipinski definition) is 3. The third-order valence-corrected chi connectivity index (χ3v) is 5.13. The van der Waals surface area contributed by atoms with Crippen LogP contribution < -0.4 is 10.2 Å². The number of amides is 1. The smallest absolute Gasteiger partial charge is 0.289 e. The zero-order valence-corrected chi connectivity index (χ0v) is 18.5. The minimum absolute atomic E-state index is 0.132. The normalized spacial score (nSPS) is 11.3. The van der Waals surface area contributed by atoms with Crippen molar-refractivity contribution in [2.24, 2.45) is 5.10 Å². The molecule has 0 aliphatic carbocycles.